The number of nitrogens with one attached hydrogen (secondary N) is 1. The number of rotatable bonds is 2. The topological polar surface area (TPSA) is 51.3 Å². The average molecular weight is 350 g/mol. The highest BCUT2D eigenvalue weighted by Crippen LogP contribution is 2.46. The number of allylic oxidation sites excluding steroid dienone is 2. The van der Waals surface area contributed by atoms with Gasteiger partial charge in [0.2, 0.25) is 0 Å². The fourth-order valence-corrected chi connectivity index (χ4v) is 3.60. The van der Waals surface area contributed by atoms with Crippen molar-refractivity contribution in [3.8, 4) is 0 Å². The summed E-state index contributed by atoms with van der Waals surface area (Å²) in [7, 11) is 0. The molecule has 0 radical (unpaired) electrons. The van der Waals surface area contributed by atoms with Gasteiger partial charge in [0, 0.05) is 23.4 Å². The molecule has 1 aliphatic heterocycles. The molecule has 0 spiro atoms. The molecule has 1 atom stereocenters. The van der Waals surface area contributed by atoms with Gasteiger partial charge >= 0.3 is 5.97 Å². The first-order chi connectivity index (χ1) is 11.0. The number of benzene rings is 1. The van der Waals surface area contributed by atoms with Crippen LogP contribution in [-0.4, -0.2) is 17.6 Å². The van der Waals surface area contributed by atoms with Gasteiger partial charge in [-0.15, -0.1) is 0 Å². The van der Waals surface area contributed by atoms with Crippen LogP contribution < -0.4 is 0 Å². The van der Waals surface area contributed by atoms with Crippen molar-refractivity contribution in [2.24, 2.45) is 0 Å². The highest BCUT2D eigenvalue weighted by Gasteiger charge is 2.47. The summed E-state index contributed by atoms with van der Waals surface area (Å²) in [4.78, 5) is 15.0. The third-order valence-electron chi connectivity index (χ3n) is 4.16. The molecule has 4 nitrogen and oxygen atoms in total. The third-order valence-corrected chi connectivity index (χ3v) is 4.97. The zero-order valence-corrected chi connectivity index (χ0v) is 13.8. The summed E-state index contributed by atoms with van der Waals surface area (Å²) in [5, 5.41) is 1.85. The Balaban J connectivity index is 2.00. The molecule has 1 aliphatic carbocycles. The second-order valence-electron chi connectivity index (χ2n) is 5.55. The van der Waals surface area contributed by atoms with Crippen LogP contribution in [0.2, 0.25) is 10.0 Å². The summed E-state index contributed by atoms with van der Waals surface area (Å²) < 4.78 is 11.6. The average Bonchev–Trinajstić information content (AvgIpc) is 2.81. The number of halogens is 2. The Morgan fingerprint density at radius 1 is 1.39 bits per heavy atom. The number of carbonyl (C=O) groups excluding carboxylic acids is 1. The zero-order chi connectivity index (χ0) is 16.2. The largest absolute Gasteiger partial charge is 0.422 e. The fourth-order valence-electron chi connectivity index (χ4n) is 3.17. The molecule has 1 aromatic heterocycles. The van der Waals surface area contributed by atoms with Crippen molar-refractivity contribution in [3.63, 3.8) is 0 Å². The summed E-state index contributed by atoms with van der Waals surface area (Å²) in [5.74, 6) is -1.66. The fraction of sp³-hybridized carbons (Fsp3) is 0.235. The number of H-pyrrole nitrogens is 1. The number of esters is 1. The number of aromatic nitrogens is 1. The van der Waals surface area contributed by atoms with Gasteiger partial charge in [-0.3, -0.25) is 4.79 Å². The van der Waals surface area contributed by atoms with Crippen LogP contribution in [0.5, 0.6) is 0 Å². The lowest BCUT2D eigenvalue weighted by Gasteiger charge is -2.38. The summed E-state index contributed by atoms with van der Waals surface area (Å²) in [6.45, 7) is 1.79. The summed E-state index contributed by atoms with van der Waals surface area (Å²) >= 11 is 12.6. The molecule has 6 heteroatoms. The molecule has 2 aliphatic rings. The van der Waals surface area contributed by atoms with E-state index in [-0.39, 0.29) is 0 Å². The molecular formula is C17H13Cl2NO3. The van der Waals surface area contributed by atoms with Gasteiger partial charge in [-0.05, 0) is 24.1 Å². The van der Waals surface area contributed by atoms with Crippen molar-refractivity contribution in [1.29, 1.82) is 0 Å². The van der Waals surface area contributed by atoms with Gasteiger partial charge < -0.3 is 14.5 Å². The summed E-state index contributed by atoms with van der Waals surface area (Å²) in [5.41, 5.74) is 3.31. The third kappa shape index (κ3) is 2.06. The lowest BCUT2D eigenvalue weighted by molar-refractivity contribution is -0.223. The van der Waals surface area contributed by atoms with Gasteiger partial charge in [0.15, 0.2) is 0 Å². The lowest BCUT2D eigenvalue weighted by atomic mass is 9.90. The van der Waals surface area contributed by atoms with E-state index < -0.39 is 11.8 Å². The molecule has 23 heavy (non-hydrogen) atoms. The van der Waals surface area contributed by atoms with Crippen molar-refractivity contribution < 1.29 is 14.3 Å². The SMILES string of the molecule is CC(=O)OC1(C2=CC=C2)OCCc2c1[nH]c1ccc(Cl)c(Cl)c21. The predicted molar refractivity (Wildman–Crippen MR) is 88.6 cm³/mol. The highest BCUT2D eigenvalue weighted by atomic mass is 35.5. The molecular weight excluding hydrogens is 337 g/mol. The highest BCUT2D eigenvalue weighted by molar-refractivity contribution is 6.45. The van der Waals surface area contributed by atoms with Gasteiger partial charge in [-0.2, -0.15) is 0 Å². The molecule has 2 heterocycles. The maximum absolute atomic E-state index is 11.7. The van der Waals surface area contributed by atoms with E-state index in [1.54, 1.807) is 6.07 Å². The van der Waals surface area contributed by atoms with E-state index in [2.05, 4.69) is 4.98 Å². The van der Waals surface area contributed by atoms with E-state index in [0.29, 0.717) is 28.8 Å². The molecule has 118 valence electrons. The minimum Gasteiger partial charge on any atom is -0.422 e. The van der Waals surface area contributed by atoms with Gasteiger partial charge in [-0.1, -0.05) is 41.4 Å². The van der Waals surface area contributed by atoms with E-state index in [0.717, 1.165) is 22.0 Å². The molecule has 1 aromatic carbocycles. The zero-order valence-electron chi connectivity index (χ0n) is 12.3. The molecule has 1 N–H and O–H groups in total. The second-order valence-corrected chi connectivity index (χ2v) is 6.34. The van der Waals surface area contributed by atoms with Crippen LogP contribution in [0.1, 0.15) is 18.2 Å². The van der Waals surface area contributed by atoms with Crippen LogP contribution in [0.15, 0.2) is 35.9 Å². The summed E-state index contributed by atoms with van der Waals surface area (Å²) in [6, 6.07) is 3.61. The molecule has 4 rings (SSSR count). The first-order valence-electron chi connectivity index (χ1n) is 7.24. The van der Waals surface area contributed by atoms with Crippen LogP contribution in [0.25, 0.3) is 10.9 Å². The maximum atomic E-state index is 11.7. The first-order valence-corrected chi connectivity index (χ1v) is 8.00. The van der Waals surface area contributed by atoms with Crippen LogP contribution in [0.4, 0.5) is 0 Å². The number of aromatic amines is 1. The maximum Gasteiger partial charge on any atom is 0.305 e. The quantitative estimate of drug-likeness (QED) is 0.824. The Morgan fingerprint density at radius 2 is 2.17 bits per heavy atom. The monoisotopic (exact) mass is 349 g/mol. The number of fused-ring (bicyclic) bond motifs is 3. The predicted octanol–water partition coefficient (Wildman–Crippen LogP) is 4.26. The van der Waals surface area contributed by atoms with Crippen LogP contribution in [0, 0.1) is 0 Å². The lowest BCUT2D eigenvalue weighted by Crippen LogP contribution is -2.42. The van der Waals surface area contributed by atoms with Crippen molar-refractivity contribution in [3.05, 3.63) is 57.2 Å². The van der Waals surface area contributed by atoms with E-state index in [9.17, 15) is 4.79 Å². The Morgan fingerprint density at radius 3 is 2.83 bits per heavy atom. The number of hydrogen-bond acceptors (Lipinski definition) is 3. The molecule has 2 aromatic rings. The Kier molecular flexibility index (Phi) is 3.30. The van der Waals surface area contributed by atoms with Crippen molar-refractivity contribution in [2.75, 3.05) is 6.61 Å². The molecule has 0 bridgehead atoms. The Bertz CT molecular complexity index is 897. The van der Waals surface area contributed by atoms with E-state index in [1.807, 2.05) is 24.3 Å². The van der Waals surface area contributed by atoms with E-state index >= 15 is 0 Å². The molecule has 0 saturated heterocycles. The molecule has 0 saturated carbocycles. The molecule has 0 amide bonds. The van der Waals surface area contributed by atoms with Gasteiger partial charge in [0.1, 0.15) is 0 Å². The minimum atomic E-state index is -1.25. The van der Waals surface area contributed by atoms with Gasteiger partial charge in [0.05, 0.1) is 22.3 Å². The van der Waals surface area contributed by atoms with Gasteiger partial charge in [0.25, 0.3) is 5.79 Å². The van der Waals surface area contributed by atoms with Crippen LogP contribution >= 0.6 is 23.2 Å². The van der Waals surface area contributed by atoms with E-state index in [1.165, 1.54) is 6.92 Å². The van der Waals surface area contributed by atoms with Crippen molar-refractivity contribution in [2.45, 2.75) is 19.1 Å². The second kappa shape index (κ2) is 5.13. The Labute approximate surface area is 142 Å². The number of ether oxygens (including phenoxy) is 2. The smallest absolute Gasteiger partial charge is 0.305 e. The van der Waals surface area contributed by atoms with E-state index in [4.69, 9.17) is 32.7 Å². The Hall–Kier alpha value is -1.75. The minimum absolute atomic E-state index is 0.415. The van der Waals surface area contributed by atoms with Crippen molar-refractivity contribution >= 4 is 40.1 Å². The molecule has 0 fully saturated rings. The van der Waals surface area contributed by atoms with Gasteiger partial charge in [-0.25, -0.2) is 0 Å². The first kappa shape index (κ1) is 14.8. The molecule has 1 unspecified atom stereocenters. The summed E-state index contributed by atoms with van der Waals surface area (Å²) in [6.07, 6.45) is 6.29. The standard InChI is InChI=1S/C17H13Cl2NO3/c1-9(21)23-17(10-3-2-4-10)16-11(7-8-22-17)14-13(20-16)6-5-12(18)15(14)19/h2-6,20H,7-8H2,1H3. The number of carbonyl (C=O) groups is 1. The van der Waals surface area contributed by atoms with Crippen LogP contribution in [-0.2, 0) is 26.5 Å². The number of hydrogen-bond donors (Lipinski definition) is 1. The normalized spacial score (nSPS) is 22.5. The van der Waals surface area contributed by atoms with Crippen LogP contribution in [0.3, 0.4) is 0 Å². The van der Waals surface area contributed by atoms with Crippen molar-refractivity contribution in [1.82, 2.24) is 4.98 Å².